The monoisotopic (exact) mass is 340 g/mol. The molecule has 1 aromatic rings. The molecule has 0 heterocycles. The molecule has 0 aliphatic carbocycles. The molecule has 0 fully saturated rings. The average Bonchev–Trinajstić information content (AvgIpc) is 2.55. The van der Waals surface area contributed by atoms with E-state index in [1.807, 2.05) is 13.8 Å². The van der Waals surface area contributed by atoms with Crippen LogP contribution in [-0.4, -0.2) is 25.2 Å². The van der Waals surface area contributed by atoms with Gasteiger partial charge in [-0.25, -0.2) is 18.0 Å². The fourth-order valence-corrected chi connectivity index (χ4v) is 1.65. The molecule has 2 N–H and O–H groups in total. The molecule has 0 saturated heterocycles. The maximum atomic E-state index is 13.5. The summed E-state index contributed by atoms with van der Waals surface area (Å²) in [4.78, 5) is 11.9. The Balaban J connectivity index is 3.02. The summed E-state index contributed by atoms with van der Waals surface area (Å²) >= 11 is 0. The van der Waals surface area contributed by atoms with Gasteiger partial charge in [0.25, 0.3) is 0 Å². The van der Waals surface area contributed by atoms with Gasteiger partial charge in [-0.1, -0.05) is 13.8 Å². The van der Waals surface area contributed by atoms with Gasteiger partial charge < -0.3 is 4.74 Å². The molecule has 1 rings (SSSR count). The lowest BCUT2D eigenvalue weighted by atomic mass is 10.2. The van der Waals surface area contributed by atoms with Crippen molar-refractivity contribution >= 4 is 5.97 Å². The molecule has 0 amide bonds. The quantitative estimate of drug-likeness (QED) is 0.191. The van der Waals surface area contributed by atoms with Crippen LogP contribution in [0.3, 0.4) is 0 Å². The van der Waals surface area contributed by atoms with E-state index in [4.69, 9.17) is 0 Å². The molecule has 0 aliphatic heterocycles. The summed E-state index contributed by atoms with van der Waals surface area (Å²) in [6.07, 6.45) is 0.171. The maximum Gasteiger partial charge on any atom is 0.343 e. The average molecular weight is 340 g/mol. The van der Waals surface area contributed by atoms with Gasteiger partial charge in [-0.3, -0.25) is 10.6 Å². The Hall–Kier alpha value is -1.74. The number of carbonyl (C=O) groups is 1. The molecule has 0 saturated carbocycles. The van der Waals surface area contributed by atoms with Crippen molar-refractivity contribution in [2.24, 2.45) is 0 Å². The van der Waals surface area contributed by atoms with Crippen LogP contribution in [0.5, 0.6) is 5.75 Å². The van der Waals surface area contributed by atoms with E-state index in [1.165, 1.54) is 0 Å². The first kappa shape index (κ1) is 19.3. The van der Waals surface area contributed by atoms with Crippen molar-refractivity contribution in [1.82, 2.24) is 10.6 Å². The van der Waals surface area contributed by atoms with Crippen molar-refractivity contribution in [1.29, 1.82) is 0 Å². The van der Waals surface area contributed by atoms with Gasteiger partial charge in [-0.05, 0) is 25.9 Å². The van der Waals surface area contributed by atoms with Crippen LogP contribution in [0.2, 0.25) is 0 Å². The third kappa shape index (κ3) is 4.61. The molecule has 0 aliphatic rings. The summed E-state index contributed by atoms with van der Waals surface area (Å²) in [5.74, 6) is -13.9. The molecule has 0 atom stereocenters. The largest absolute Gasteiger partial charge is 0.418 e. The molecule has 0 unspecified atom stereocenters. The van der Waals surface area contributed by atoms with Gasteiger partial charge in [0.05, 0.1) is 0 Å². The molecular formula is C14H17F5N2O2. The van der Waals surface area contributed by atoms with Crippen LogP contribution in [0.25, 0.3) is 0 Å². The number of hydrogen-bond acceptors (Lipinski definition) is 4. The first-order chi connectivity index (χ1) is 10.8. The van der Waals surface area contributed by atoms with Gasteiger partial charge in [0.15, 0.2) is 6.17 Å². The van der Waals surface area contributed by atoms with Gasteiger partial charge in [-0.15, -0.1) is 0 Å². The van der Waals surface area contributed by atoms with E-state index in [2.05, 4.69) is 15.4 Å². The molecule has 23 heavy (non-hydrogen) atoms. The van der Waals surface area contributed by atoms with Crippen molar-refractivity contribution < 1.29 is 31.5 Å². The summed E-state index contributed by atoms with van der Waals surface area (Å²) in [5, 5.41) is 5.42. The van der Waals surface area contributed by atoms with Crippen molar-refractivity contribution in [3.8, 4) is 5.75 Å². The normalized spacial score (nSPS) is 11.1. The van der Waals surface area contributed by atoms with Crippen LogP contribution in [0, 0.1) is 29.1 Å². The molecule has 4 nitrogen and oxygen atoms in total. The van der Waals surface area contributed by atoms with Gasteiger partial charge in [-0.2, -0.15) is 8.78 Å². The highest BCUT2D eigenvalue weighted by atomic mass is 19.2. The topological polar surface area (TPSA) is 50.4 Å². The van der Waals surface area contributed by atoms with E-state index in [9.17, 15) is 26.7 Å². The van der Waals surface area contributed by atoms with Crippen molar-refractivity contribution in [3.05, 3.63) is 29.1 Å². The van der Waals surface area contributed by atoms with Crippen molar-refractivity contribution in [3.63, 3.8) is 0 Å². The zero-order chi connectivity index (χ0) is 17.6. The molecule has 0 radical (unpaired) electrons. The van der Waals surface area contributed by atoms with E-state index < -0.39 is 47.0 Å². The highest BCUT2D eigenvalue weighted by Gasteiger charge is 2.30. The van der Waals surface area contributed by atoms with Crippen LogP contribution < -0.4 is 15.4 Å². The van der Waals surface area contributed by atoms with Gasteiger partial charge in [0, 0.05) is 0 Å². The second-order valence-electron chi connectivity index (χ2n) is 4.66. The van der Waals surface area contributed by atoms with Crippen molar-refractivity contribution in [2.45, 2.75) is 32.9 Å². The number of ether oxygens (including phenoxy) is 1. The third-order valence-corrected chi connectivity index (χ3v) is 2.80. The number of carbonyl (C=O) groups excluding carboxylic acids is 1. The lowest BCUT2D eigenvalue weighted by Gasteiger charge is -2.18. The summed E-state index contributed by atoms with van der Waals surface area (Å²) in [5.41, 5.74) is 0. The Bertz CT molecular complexity index is 532. The van der Waals surface area contributed by atoms with Crippen LogP contribution in [0.15, 0.2) is 0 Å². The second kappa shape index (κ2) is 8.78. The Morgan fingerprint density at radius 2 is 1.26 bits per heavy atom. The molecule has 0 bridgehead atoms. The standard InChI is InChI=1S/C14H17F5N2O2/c1-3-5-20-13(21-6-4-2)14(22)23-12-10(18)8(16)7(15)9(17)11(12)19/h13,20-21H,3-6H2,1-2H3. The Morgan fingerprint density at radius 1 is 0.870 bits per heavy atom. The number of esters is 1. The molecular weight excluding hydrogens is 323 g/mol. The SMILES string of the molecule is CCCNC(NCCC)C(=O)Oc1c(F)c(F)c(F)c(F)c1F. The summed E-state index contributed by atoms with van der Waals surface area (Å²) in [6.45, 7) is 4.40. The Labute approximate surface area is 130 Å². The van der Waals surface area contributed by atoms with E-state index in [-0.39, 0.29) is 0 Å². The summed E-state index contributed by atoms with van der Waals surface area (Å²) < 4.78 is 70.5. The third-order valence-electron chi connectivity index (χ3n) is 2.80. The number of rotatable bonds is 8. The van der Waals surface area contributed by atoms with E-state index in [0.29, 0.717) is 25.9 Å². The molecule has 1 aromatic carbocycles. The lowest BCUT2D eigenvalue weighted by molar-refractivity contribution is -0.138. The van der Waals surface area contributed by atoms with Gasteiger partial charge in [0.1, 0.15) is 0 Å². The summed E-state index contributed by atoms with van der Waals surface area (Å²) in [7, 11) is 0. The minimum Gasteiger partial charge on any atom is -0.418 e. The van der Waals surface area contributed by atoms with E-state index in [0.717, 1.165) is 0 Å². The van der Waals surface area contributed by atoms with Gasteiger partial charge >= 0.3 is 5.97 Å². The number of hydrogen-bond donors (Lipinski definition) is 2. The van der Waals surface area contributed by atoms with Crippen LogP contribution in [0.1, 0.15) is 26.7 Å². The Kier molecular flexibility index (Phi) is 7.37. The van der Waals surface area contributed by atoms with Crippen LogP contribution >= 0.6 is 0 Å². The highest BCUT2D eigenvalue weighted by molar-refractivity contribution is 5.78. The molecule has 130 valence electrons. The first-order valence-electron chi connectivity index (χ1n) is 7.04. The number of benzene rings is 1. The molecule has 9 heteroatoms. The fourth-order valence-electron chi connectivity index (χ4n) is 1.65. The molecule has 0 spiro atoms. The zero-order valence-electron chi connectivity index (χ0n) is 12.6. The number of halogens is 5. The van der Waals surface area contributed by atoms with Gasteiger partial charge in [0.2, 0.25) is 34.8 Å². The van der Waals surface area contributed by atoms with Crippen LogP contribution in [0.4, 0.5) is 22.0 Å². The lowest BCUT2D eigenvalue weighted by Crippen LogP contribution is -2.50. The van der Waals surface area contributed by atoms with E-state index >= 15 is 0 Å². The summed E-state index contributed by atoms with van der Waals surface area (Å²) in [6, 6.07) is 0. The maximum absolute atomic E-state index is 13.5. The predicted octanol–water partition coefficient (Wildman–Crippen LogP) is 2.61. The Morgan fingerprint density at radius 3 is 1.65 bits per heavy atom. The zero-order valence-corrected chi connectivity index (χ0v) is 12.6. The minimum absolute atomic E-state index is 0.383. The minimum atomic E-state index is -2.32. The second-order valence-corrected chi connectivity index (χ2v) is 4.66. The van der Waals surface area contributed by atoms with Crippen LogP contribution in [-0.2, 0) is 4.79 Å². The first-order valence-corrected chi connectivity index (χ1v) is 7.04. The highest BCUT2D eigenvalue weighted by Crippen LogP contribution is 2.29. The van der Waals surface area contributed by atoms with Crippen molar-refractivity contribution in [2.75, 3.05) is 13.1 Å². The predicted molar refractivity (Wildman–Crippen MR) is 72.2 cm³/mol. The number of nitrogens with one attached hydrogen (secondary N) is 2. The molecule has 0 aromatic heterocycles. The fraction of sp³-hybridized carbons (Fsp3) is 0.500. The van der Waals surface area contributed by atoms with E-state index in [1.54, 1.807) is 0 Å². The smallest absolute Gasteiger partial charge is 0.343 e.